The van der Waals surface area contributed by atoms with E-state index in [2.05, 4.69) is 25.8 Å². The lowest BCUT2D eigenvalue weighted by atomic mass is 10.1. The van der Waals surface area contributed by atoms with Crippen molar-refractivity contribution in [1.29, 1.82) is 0 Å². The van der Waals surface area contributed by atoms with Gasteiger partial charge in [-0.15, -0.1) is 0 Å². The molecule has 31 heavy (non-hydrogen) atoms. The van der Waals surface area contributed by atoms with Crippen LogP contribution in [0.25, 0.3) is 0 Å². The van der Waals surface area contributed by atoms with Crippen LogP contribution < -0.4 is 14.4 Å². The Hall–Kier alpha value is -2.42. The second-order valence-corrected chi connectivity index (χ2v) is 7.98. The third kappa shape index (κ3) is 5.84. The summed E-state index contributed by atoms with van der Waals surface area (Å²) in [5.74, 6) is 2.26. The van der Waals surface area contributed by atoms with Crippen LogP contribution in [0.2, 0.25) is 0 Å². The first kappa shape index (κ1) is 21.8. The maximum Gasteiger partial charge on any atom is 0.225 e. The lowest BCUT2D eigenvalue weighted by molar-refractivity contribution is 0.0678. The van der Waals surface area contributed by atoms with Gasteiger partial charge in [0.2, 0.25) is 5.95 Å². The van der Waals surface area contributed by atoms with Crippen LogP contribution in [0.1, 0.15) is 24.0 Å². The van der Waals surface area contributed by atoms with E-state index in [1.807, 2.05) is 24.5 Å². The highest BCUT2D eigenvalue weighted by atomic mass is 16.5. The fourth-order valence-electron chi connectivity index (χ4n) is 4.11. The van der Waals surface area contributed by atoms with Crippen LogP contribution in [-0.4, -0.2) is 74.6 Å². The van der Waals surface area contributed by atoms with Crippen molar-refractivity contribution in [2.75, 3.05) is 58.6 Å². The van der Waals surface area contributed by atoms with Crippen LogP contribution >= 0.6 is 0 Å². The summed E-state index contributed by atoms with van der Waals surface area (Å²) in [6.07, 6.45) is 6.39. The molecule has 3 heterocycles. The molecule has 0 saturated carbocycles. The molecule has 0 radical (unpaired) electrons. The normalized spacial score (nSPS) is 19.1. The number of nitrogens with zero attached hydrogens (tertiary/aromatic N) is 4. The zero-order valence-electron chi connectivity index (χ0n) is 18.5. The van der Waals surface area contributed by atoms with Crippen molar-refractivity contribution in [2.45, 2.75) is 32.0 Å². The summed E-state index contributed by atoms with van der Waals surface area (Å²) >= 11 is 0. The predicted molar refractivity (Wildman–Crippen MR) is 118 cm³/mol. The summed E-state index contributed by atoms with van der Waals surface area (Å²) in [4.78, 5) is 13.8. The number of anilines is 1. The van der Waals surface area contributed by atoms with Gasteiger partial charge < -0.3 is 23.8 Å². The Morgan fingerprint density at radius 1 is 1.00 bits per heavy atom. The van der Waals surface area contributed by atoms with Gasteiger partial charge in [0.15, 0.2) is 11.5 Å². The average Bonchev–Trinajstić information content (AvgIpc) is 3.33. The zero-order valence-corrected chi connectivity index (χ0v) is 18.5. The smallest absolute Gasteiger partial charge is 0.225 e. The quantitative estimate of drug-likeness (QED) is 0.604. The minimum atomic E-state index is 0.272. The van der Waals surface area contributed by atoms with Crippen molar-refractivity contribution >= 4 is 5.95 Å². The van der Waals surface area contributed by atoms with Crippen LogP contribution in [-0.2, 0) is 22.6 Å². The van der Waals surface area contributed by atoms with Crippen LogP contribution in [0.3, 0.4) is 0 Å². The molecule has 2 aliphatic heterocycles. The Balaban J connectivity index is 1.45. The number of rotatable bonds is 9. The summed E-state index contributed by atoms with van der Waals surface area (Å²) in [5, 5.41) is 0. The van der Waals surface area contributed by atoms with Gasteiger partial charge in [0, 0.05) is 57.3 Å². The van der Waals surface area contributed by atoms with Crippen molar-refractivity contribution in [2.24, 2.45) is 0 Å². The molecular weight excluding hydrogens is 396 g/mol. The molecule has 0 unspecified atom stereocenters. The molecule has 0 spiro atoms. The van der Waals surface area contributed by atoms with Gasteiger partial charge in [-0.05, 0) is 30.5 Å². The first-order chi connectivity index (χ1) is 15.2. The largest absolute Gasteiger partial charge is 0.493 e. The number of aromatic nitrogens is 2. The number of morpholine rings is 1. The molecule has 1 aromatic heterocycles. The lowest BCUT2D eigenvalue weighted by Crippen LogP contribution is -2.37. The van der Waals surface area contributed by atoms with Gasteiger partial charge in [-0.1, -0.05) is 6.07 Å². The van der Waals surface area contributed by atoms with Gasteiger partial charge in [-0.25, -0.2) is 9.97 Å². The van der Waals surface area contributed by atoms with E-state index in [4.69, 9.17) is 18.9 Å². The van der Waals surface area contributed by atoms with E-state index >= 15 is 0 Å². The SMILES string of the molecule is COc1ccc(CN(Cc2cnc(N3CCOCC3)nc2)C[C@H]2CCCO2)cc1OC. The standard InChI is InChI=1S/C23H32N4O4/c1-28-21-6-5-18(12-22(21)29-2)15-26(17-20-4-3-9-31-20)16-19-13-24-23(25-14-19)27-7-10-30-11-8-27/h5-6,12-14,20H,3-4,7-11,15-17H2,1-2H3/t20-/m1/s1. The van der Waals surface area contributed by atoms with Crippen LogP contribution in [0.15, 0.2) is 30.6 Å². The number of ether oxygens (including phenoxy) is 4. The van der Waals surface area contributed by atoms with E-state index in [1.54, 1.807) is 14.2 Å². The van der Waals surface area contributed by atoms with Crippen LogP contribution in [0.4, 0.5) is 5.95 Å². The van der Waals surface area contributed by atoms with Crippen molar-refractivity contribution in [1.82, 2.24) is 14.9 Å². The molecule has 1 aromatic carbocycles. The highest BCUT2D eigenvalue weighted by Gasteiger charge is 2.21. The van der Waals surface area contributed by atoms with Gasteiger partial charge in [0.05, 0.1) is 33.5 Å². The Morgan fingerprint density at radius 2 is 1.74 bits per heavy atom. The van der Waals surface area contributed by atoms with Gasteiger partial charge >= 0.3 is 0 Å². The molecule has 2 fully saturated rings. The molecule has 2 aliphatic rings. The molecule has 2 saturated heterocycles. The van der Waals surface area contributed by atoms with Crippen molar-refractivity contribution in [3.8, 4) is 11.5 Å². The maximum atomic E-state index is 5.90. The number of methoxy groups -OCH3 is 2. The molecule has 0 amide bonds. The summed E-state index contributed by atoms with van der Waals surface area (Å²) < 4.78 is 22.2. The monoisotopic (exact) mass is 428 g/mol. The molecule has 0 bridgehead atoms. The van der Waals surface area contributed by atoms with Gasteiger partial charge in [0.1, 0.15) is 0 Å². The number of hydrogen-bond acceptors (Lipinski definition) is 8. The molecular formula is C23H32N4O4. The minimum Gasteiger partial charge on any atom is -0.493 e. The second-order valence-electron chi connectivity index (χ2n) is 7.98. The number of benzene rings is 1. The van der Waals surface area contributed by atoms with Crippen molar-refractivity contribution in [3.05, 3.63) is 41.7 Å². The highest BCUT2D eigenvalue weighted by molar-refractivity contribution is 5.42. The minimum absolute atomic E-state index is 0.272. The average molecular weight is 429 g/mol. The van der Waals surface area contributed by atoms with E-state index in [0.29, 0.717) is 0 Å². The zero-order chi connectivity index (χ0) is 21.5. The molecule has 8 nitrogen and oxygen atoms in total. The molecule has 0 N–H and O–H groups in total. The van der Waals surface area contributed by atoms with Crippen LogP contribution in [0, 0.1) is 0 Å². The third-order valence-electron chi connectivity index (χ3n) is 5.73. The van der Waals surface area contributed by atoms with Gasteiger partial charge in [-0.3, -0.25) is 4.90 Å². The summed E-state index contributed by atoms with van der Waals surface area (Å²) in [5.41, 5.74) is 2.26. The Kier molecular flexibility index (Phi) is 7.56. The van der Waals surface area contributed by atoms with E-state index in [0.717, 1.165) is 88.4 Å². The highest BCUT2D eigenvalue weighted by Crippen LogP contribution is 2.28. The Bertz CT molecular complexity index is 821. The molecule has 2 aromatic rings. The fraction of sp³-hybridized carbons (Fsp3) is 0.565. The Labute approximate surface area is 184 Å². The lowest BCUT2D eigenvalue weighted by Gasteiger charge is -2.27. The summed E-state index contributed by atoms with van der Waals surface area (Å²) in [6, 6.07) is 6.08. The van der Waals surface area contributed by atoms with E-state index < -0.39 is 0 Å². The number of hydrogen-bond donors (Lipinski definition) is 0. The Morgan fingerprint density at radius 3 is 2.42 bits per heavy atom. The molecule has 1 atom stereocenters. The van der Waals surface area contributed by atoms with Gasteiger partial charge in [-0.2, -0.15) is 0 Å². The second kappa shape index (κ2) is 10.7. The molecule has 8 heteroatoms. The van der Waals surface area contributed by atoms with E-state index in [1.165, 1.54) is 5.56 Å². The molecule has 4 rings (SSSR count). The van der Waals surface area contributed by atoms with Crippen LogP contribution in [0.5, 0.6) is 11.5 Å². The fourth-order valence-corrected chi connectivity index (χ4v) is 4.11. The first-order valence-corrected chi connectivity index (χ1v) is 10.9. The molecule has 0 aliphatic carbocycles. The first-order valence-electron chi connectivity index (χ1n) is 10.9. The molecule has 168 valence electrons. The van der Waals surface area contributed by atoms with Gasteiger partial charge in [0.25, 0.3) is 0 Å². The van der Waals surface area contributed by atoms with Crippen molar-refractivity contribution < 1.29 is 18.9 Å². The predicted octanol–water partition coefficient (Wildman–Crippen LogP) is 2.51. The van der Waals surface area contributed by atoms with E-state index in [-0.39, 0.29) is 6.10 Å². The maximum absolute atomic E-state index is 5.90. The topological polar surface area (TPSA) is 69.2 Å². The van der Waals surface area contributed by atoms with Crippen molar-refractivity contribution in [3.63, 3.8) is 0 Å². The summed E-state index contributed by atoms with van der Waals surface area (Å²) in [7, 11) is 3.32. The third-order valence-corrected chi connectivity index (χ3v) is 5.73. The van der Waals surface area contributed by atoms with E-state index in [9.17, 15) is 0 Å². The summed E-state index contributed by atoms with van der Waals surface area (Å²) in [6.45, 7) is 6.40.